The van der Waals surface area contributed by atoms with Gasteiger partial charge in [0.15, 0.2) is 0 Å². The van der Waals surface area contributed by atoms with Gasteiger partial charge in [0.25, 0.3) is 5.91 Å². The van der Waals surface area contributed by atoms with Crippen LogP contribution in [0, 0.1) is 0 Å². The fourth-order valence-corrected chi connectivity index (χ4v) is 2.74. The van der Waals surface area contributed by atoms with E-state index in [-0.39, 0.29) is 11.8 Å². The van der Waals surface area contributed by atoms with E-state index in [9.17, 15) is 9.59 Å². The zero-order valence-corrected chi connectivity index (χ0v) is 12.2. The van der Waals surface area contributed by atoms with E-state index in [0.717, 1.165) is 5.56 Å². The second-order valence-corrected chi connectivity index (χ2v) is 5.36. The Hall–Kier alpha value is -2.62. The number of carbonyl (C=O) groups is 2. The van der Waals surface area contributed by atoms with Gasteiger partial charge in [-0.3, -0.25) is 9.59 Å². The van der Waals surface area contributed by atoms with Crippen LogP contribution >= 0.6 is 0 Å². The summed E-state index contributed by atoms with van der Waals surface area (Å²) in [6.45, 7) is 1.04. The molecule has 0 aliphatic carbocycles. The third kappa shape index (κ3) is 3.01. The van der Waals surface area contributed by atoms with Crippen LogP contribution in [0.4, 0.5) is 0 Å². The lowest BCUT2D eigenvalue weighted by molar-refractivity contribution is -0.127. The molecule has 0 radical (unpaired) electrons. The molecule has 1 heterocycles. The van der Waals surface area contributed by atoms with Gasteiger partial charge in [0.2, 0.25) is 5.91 Å². The monoisotopic (exact) mass is 294 g/mol. The van der Waals surface area contributed by atoms with Gasteiger partial charge in [0.1, 0.15) is 6.04 Å². The smallest absolute Gasteiger partial charge is 0.254 e. The van der Waals surface area contributed by atoms with Crippen LogP contribution in [-0.2, 0) is 11.2 Å². The first-order valence-electron chi connectivity index (χ1n) is 7.43. The summed E-state index contributed by atoms with van der Waals surface area (Å²) in [4.78, 5) is 26.6. The number of piperazine rings is 1. The van der Waals surface area contributed by atoms with Gasteiger partial charge < -0.3 is 10.2 Å². The molecule has 2 aromatic carbocycles. The van der Waals surface area contributed by atoms with Crippen LogP contribution in [0.5, 0.6) is 0 Å². The molecule has 1 unspecified atom stereocenters. The maximum atomic E-state index is 12.7. The average Bonchev–Trinajstić information content (AvgIpc) is 2.58. The Morgan fingerprint density at radius 2 is 1.68 bits per heavy atom. The number of rotatable bonds is 3. The number of nitrogens with one attached hydrogen (secondary N) is 1. The van der Waals surface area contributed by atoms with E-state index in [1.807, 2.05) is 48.5 Å². The van der Waals surface area contributed by atoms with Crippen LogP contribution < -0.4 is 5.32 Å². The lowest BCUT2D eigenvalue weighted by Crippen LogP contribution is -2.58. The standard InChI is InChI=1S/C18H18N2O2/c21-17-16(13-14-7-3-1-4-8-14)20(12-11-19-17)18(22)15-9-5-2-6-10-15/h1-10,16H,11-13H2,(H,19,21). The van der Waals surface area contributed by atoms with Crippen molar-refractivity contribution in [1.82, 2.24) is 10.2 Å². The summed E-state index contributed by atoms with van der Waals surface area (Å²) in [5.74, 6) is -0.171. The fourth-order valence-electron chi connectivity index (χ4n) is 2.74. The maximum absolute atomic E-state index is 12.7. The molecule has 2 aromatic rings. The minimum absolute atomic E-state index is 0.0839. The quantitative estimate of drug-likeness (QED) is 0.939. The molecule has 4 heteroatoms. The van der Waals surface area contributed by atoms with E-state index in [4.69, 9.17) is 0 Å². The fraction of sp³-hybridized carbons (Fsp3) is 0.222. The van der Waals surface area contributed by atoms with Crippen molar-refractivity contribution in [3.63, 3.8) is 0 Å². The van der Waals surface area contributed by atoms with E-state index in [1.165, 1.54) is 0 Å². The molecule has 1 N–H and O–H groups in total. The number of hydrogen-bond acceptors (Lipinski definition) is 2. The highest BCUT2D eigenvalue weighted by Gasteiger charge is 2.33. The lowest BCUT2D eigenvalue weighted by Gasteiger charge is -2.35. The second kappa shape index (κ2) is 6.43. The Kier molecular flexibility index (Phi) is 4.19. The molecule has 1 aliphatic rings. The highest BCUT2D eigenvalue weighted by atomic mass is 16.2. The van der Waals surface area contributed by atoms with Crippen LogP contribution in [-0.4, -0.2) is 35.8 Å². The third-order valence-electron chi connectivity index (χ3n) is 3.88. The van der Waals surface area contributed by atoms with Crippen LogP contribution in [0.2, 0.25) is 0 Å². The summed E-state index contributed by atoms with van der Waals surface area (Å²) < 4.78 is 0. The Labute approximate surface area is 129 Å². The zero-order chi connectivity index (χ0) is 15.4. The van der Waals surface area contributed by atoms with Gasteiger partial charge >= 0.3 is 0 Å². The number of amides is 2. The van der Waals surface area contributed by atoms with Gasteiger partial charge in [0.05, 0.1) is 0 Å². The van der Waals surface area contributed by atoms with E-state index >= 15 is 0 Å². The first kappa shape index (κ1) is 14.3. The van der Waals surface area contributed by atoms with Gasteiger partial charge in [-0.2, -0.15) is 0 Å². The normalized spacial score (nSPS) is 17.9. The summed E-state index contributed by atoms with van der Waals surface area (Å²) >= 11 is 0. The Bertz CT molecular complexity index is 655. The van der Waals surface area contributed by atoms with Crippen molar-refractivity contribution >= 4 is 11.8 Å². The predicted octanol–water partition coefficient (Wildman–Crippen LogP) is 1.87. The highest BCUT2D eigenvalue weighted by Crippen LogP contribution is 2.15. The SMILES string of the molecule is O=C1NCCN(C(=O)c2ccccc2)C1Cc1ccccc1. The molecule has 1 saturated heterocycles. The van der Waals surface area contributed by atoms with Crippen LogP contribution in [0.3, 0.4) is 0 Å². The summed E-state index contributed by atoms with van der Waals surface area (Å²) in [7, 11) is 0. The molecule has 22 heavy (non-hydrogen) atoms. The predicted molar refractivity (Wildman–Crippen MR) is 84.4 cm³/mol. The molecule has 0 saturated carbocycles. The molecular weight excluding hydrogens is 276 g/mol. The topological polar surface area (TPSA) is 49.4 Å². The van der Waals surface area contributed by atoms with Gasteiger partial charge in [-0.25, -0.2) is 0 Å². The van der Waals surface area contributed by atoms with E-state index < -0.39 is 6.04 Å². The van der Waals surface area contributed by atoms with Crippen LogP contribution in [0.15, 0.2) is 60.7 Å². The molecule has 3 rings (SSSR count). The first-order chi connectivity index (χ1) is 10.8. The minimum Gasteiger partial charge on any atom is -0.353 e. The van der Waals surface area contributed by atoms with Crippen molar-refractivity contribution in [2.24, 2.45) is 0 Å². The third-order valence-corrected chi connectivity index (χ3v) is 3.88. The summed E-state index contributed by atoms with van der Waals surface area (Å²) in [6.07, 6.45) is 0.533. The van der Waals surface area contributed by atoms with Gasteiger partial charge in [-0.05, 0) is 17.7 Å². The van der Waals surface area contributed by atoms with E-state index in [0.29, 0.717) is 25.1 Å². The van der Waals surface area contributed by atoms with Crippen LogP contribution in [0.25, 0.3) is 0 Å². The molecule has 1 aliphatic heterocycles. The first-order valence-corrected chi connectivity index (χ1v) is 7.43. The Morgan fingerprint density at radius 3 is 2.36 bits per heavy atom. The lowest BCUT2D eigenvalue weighted by atomic mass is 10.0. The number of carbonyl (C=O) groups excluding carboxylic acids is 2. The van der Waals surface area contributed by atoms with Gasteiger partial charge in [-0.15, -0.1) is 0 Å². The molecule has 0 bridgehead atoms. The highest BCUT2D eigenvalue weighted by molar-refractivity contribution is 5.98. The van der Waals surface area contributed by atoms with Crippen molar-refractivity contribution in [2.45, 2.75) is 12.5 Å². The van der Waals surface area contributed by atoms with Crippen molar-refractivity contribution in [3.05, 3.63) is 71.8 Å². The molecule has 112 valence electrons. The minimum atomic E-state index is -0.455. The van der Waals surface area contributed by atoms with Crippen molar-refractivity contribution in [1.29, 1.82) is 0 Å². The maximum Gasteiger partial charge on any atom is 0.254 e. The van der Waals surface area contributed by atoms with Crippen molar-refractivity contribution < 1.29 is 9.59 Å². The molecule has 1 atom stereocenters. The van der Waals surface area contributed by atoms with Crippen LogP contribution in [0.1, 0.15) is 15.9 Å². The Morgan fingerprint density at radius 1 is 1.05 bits per heavy atom. The summed E-state index contributed by atoms with van der Waals surface area (Å²) in [6, 6.07) is 18.5. The molecule has 0 spiro atoms. The average molecular weight is 294 g/mol. The van der Waals surface area contributed by atoms with E-state index in [2.05, 4.69) is 5.32 Å². The van der Waals surface area contributed by atoms with Crippen molar-refractivity contribution in [2.75, 3.05) is 13.1 Å². The largest absolute Gasteiger partial charge is 0.353 e. The van der Waals surface area contributed by atoms with Gasteiger partial charge in [0, 0.05) is 25.1 Å². The molecule has 0 aromatic heterocycles. The second-order valence-electron chi connectivity index (χ2n) is 5.36. The zero-order valence-electron chi connectivity index (χ0n) is 12.2. The van der Waals surface area contributed by atoms with Gasteiger partial charge in [-0.1, -0.05) is 48.5 Å². The number of benzene rings is 2. The Balaban J connectivity index is 1.84. The van der Waals surface area contributed by atoms with E-state index in [1.54, 1.807) is 17.0 Å². The molecular formula is C18H18N2O2. The summed E-state index contributed by atoms with van der Waals surface area (Å²) in [5.41, 5.74) is 1.67. The molecule has 2 amide bonds. The molecule has 1 fully saturated rings. The summed E-state index contributed by atoms with van der Waals surface area (Å²) in [5, 5.41) is 2.86. The number of nitrogens with zero attached hydrogens (tertiary/aromatic N) is 1. The molecule has 4 nitrogen and oxygen atoms in total. The van der Waals surface area contributed by atoms with Crippen molar-refractivity contribution in [3.8, 4) is 0 Å². The number of hydrogen-bond donors (Lipinski definition) is 1.